The third kappa shape index (κ3) is 2.67. The average molecular weight is 390 g/mol. The number of hydrogen-bond donors (Lipinski definition) is 0. The fraction of sp³-hybridized carbons (Fsp3) is 0.176. The maximum absolute atomic E-state index is 6.25. The van der Waals surface area contributed by atoms with Gasteiger partial charge in [0.1, 0.15) is 5.75 Å². The summed E-state index contributed by atoms with van der Waals surface area (Å²) in [5.41, 5.74) is 3.17. The number of hydrogen-bond acceptors (Lipinski definition) is 6. The van der Waals surface area contributed by atoms with Crippen LogP contribution >= 0.6 is 34.7 Å². The number of halogens is 1. The summed E-state index contributed by atoms with van der Waals surface area (Å²) < 4.78 is 14.3. The molecule has 0 radical (unpaired) electrons. The number of thiazole rings is 1. The lowest BCUT2D eigenvalue weighted by Crippen LogP contribution is -2.13. The maximum atomic E-state index is 6.25. The summed E-state index contributed by atoms with van der Waals surface area (Å²) in [6.45, 7) is 0.800. The minimum atomic E-state index is 0.274. The van der Waals surface area contributed by atoms with Crippen LogP contribution in [-0.4, -0.2) is 21.4 Å². The fourth-order valence-corrected chi connectivity index (χ4v) is 5.15. The van der Waals surface area contributed by atoms with Gasteiger partial charge in [-0.3, -0.25) is 4.40 Å². The van der Waals surface area contributed by atoms with E-state index in [0.29, 0.717) is 17.4 Å². The molecule has 25 heavy (non-hydrogen) atoms. The molecule has 0 amide bonds. The summed E-state index contributed by atoms with van der Waals surface area (Å²) in [6.07, 6.45) is 0. The van der Waals surface area contributed by atoms with E-state index in [4.69, 9.17) is 21.1 Å². The number of nitrogens with zero attached hydrogens (tertiary/aromatic N) is 3. The smallest absolute Gasteiger partial charge is 0.217 e. The number of ether oxygens (including phenoxy) is 2. The number of rotatable bonds is 3. The van der Waals surface area contributed by atoms with Crippen LogP contribution in [0.5, 0.6) is 5.75 Å². The second kappa shape index (κ2) is 6.17. The SMILES string of the molecule is Clc1cc2c(c(CSc3nnc4sc5ccccc5n34)c1)OCOC2. The number of fused-ring (bicyclic) bond motifs is 4. The first kappa shape index (κ1) is 15.5. The van der Waals surface area contributed by atoms with Gasteiger partial charge in [0.05, 0.1) is 16.8 Å². The molecule has 0 fully saturated rings. The topological polar surface area (TPSA) is 48.7 Å². The molecule has 0 N–H and O–H groups in total. The summed E-state index contributed by atoms with van der Waals surface area (Å²) in [7, 11) is 0. The molecule has 5 nitrogen and oxygen atoms in total. The number of benzene rings is 2. The number of aromatic nitrogens is 3. The molecule has 126 valence electrons. The van der Waals surface area contributed by atoms with Crippen LogP contribution in [0.2, 0.25) is 5.02 Å². The maximum Gasteiger partial charge on any atom is 0.217 e. The molecule has 5 rings (SSSR count). The zero-order valence-electron chi connectivity index (χ0n) is 12.9. The van der Waals surface area contributed by atoms with Gasteiger partial charge in [-0.15, -0.1) is 10.2 Å². The highest BCUT2D eigenvalue weighted by molar-refractivity contribution is 7.98. The van der Waals surface area contributed by atoms with Crippen LogP contribution < -0.4 is 4.74 Å². The molecule has 4 aromatic rings. The predicted molar refractivity (Wildman–Crippen MR) is 99.7 cm³/mol. The minimum absolute atomic E-state index is 0.274. The Hall–Kier alpha value is -1.80. The van der Waals surface area contributed by atoms with Crippen molar-refractivity contribution in [2.45, 2.75) is 17.5 Å². The Labute approximate surface area is 156 Å². The zero-order valence-corrected chi connectivity index (χ0v) is 15.3. The van der Waals surface area contributed by atoms with Crippen molar-refractivity contribution < 1.29 is 9.47 Å². The Morgan fingerprint density at radius 2 is 2.16 bits per heavy atom. The van der Waals surface area contributed by atoms with Crippen LogP contribution in [-0.2, 0) is 17.1 Å². The van der Waals surface area contributed by atoms with E-state index < -0.39 is 0 Å². The average Bonchev–Trinajstić information content (AvgIpc) is 3.18. The third-order valence-corrected chi connectivity index (χ3v) is 6.23. The van der Waals surface area contributed by atoms with E-state index in [1.807, 2.05) is 24.3 Å². The normalized spacial score (nSPS) is 14.0. The van der Waals surface area contributed by atoms with E-state index in [0.717, 1.165) is 32.5 Å². The highest BCUT2D eigenvalue weighted by atomic mass is 35.5. The lowest BCUT2D eigenvalue weighted by molar-refractivity contribution is -0.0168. The van der Waals surface area contributed by atoms with Gasteiger partial charge >= 0.3 is 0 Å². The van der Waals surface area contributed by atoms with Gasteiger partial charge in [-0.1, -0.05) is 46.8 Å². The Morgan fingerprint density at radius 3 is 3.12 bits per heavy atom. The van der Waals surface area contributed by atoms with Crippen molar-refractivity contribution >= 4 is 49.9 Å². The second-order valence-corrected chi connectivity index (χ2v) is 8.01. The molecule has 0 saturated heterocycles. The molecule has 0 aliphatic carbocycles. The molecular weight excluding hydrogens is 378 g/mol. The van der Waals surface area contributed by atoms with Gasteiger partial charge in [0, 0.05) is 21.9 Å². The Balaban J connectivity index is 1.51. The van der Waals surface area contributed by atoms with Crippen molar-refractivity contribution in [3.8, 4) is 5.75 Å². The van der Waals surface area contributed by atoms with E-state index in [2.05, 4.69) is 26.7 Å². The van der Waals surface area contributed by atoms with Crippen LogP contribution in [0.25, 0.3) is 15.2 Å². The third-order valence-electron chi connectivity index (χ3n) is 4.02. The first-order chi connectivity index (χ1) is 12.3. The highest BCUT2D eigenvalue weighted by Gasteiger charge is 2.18. The monoisotopic (exact) mass is 389 g/mol. The highest BCUT2D eigenvalue weighted by Crippen LogP contribution is 2.36. The summed E-state index contributed by atoms with van der Waals surface area (Å²) in [5.74, 6) is 1.58. The molecular formula is C17H12ClN3O2S2. The largest absolute Gasteiger partial charge is 0.467 e. The molecule has 2 aromatic heterocycles. The molecule has 3 heterocycles. The van der Waals surface area contributed by atoms with E-state index in [1.165, 1.54) is 4.70 Å². The van der Waals surface area contributed by atoms with Gasteiger partial charge in [0.25, 0.3) is 0 Å². The summed E-state index contributed by atoms with van der Waals surface area (Å²) in [4.78, 5) is 0.904. The van der Waals surface area contributed by atoms with Gasteiger partial charge in [-0.05, 0) is 24.3 Å². The quantitative estimate of drug-likeness (QED) is 0.473. The van der Waals surface area contributed by atoms with Crippen molar-refractivity contribution in [3.05, 3.63) is 52.5 Å². The standard InChI is InChI=1S/C17H12ClN3O2S2/c18-12-5-10-7-22-9-23-15(10)11(6-12)8-24-16-19-20-17-21(16)13-3-1-2-4-14(13)25-17/h1-6H,7-9H2. The van der Waals surface area contributed by atoms with E-state index in [9.17, 15) is 0 Å². The second-order valence-electron chi connectivity index (χ2n) is 5.62. The van der Waals surface area contributed by atoms with Gasteiger partial charge in [-0.2, -0.15) is 0 Å². The molecule has 0 unspecified atom stereocenters. The van der Waals surface area contributed by atoms with E-state index in [1.54, 1.807) is 23.1 Å². The molecule has 0 saturated carbocycles. The van der Waals surface area contributed by atoms with Crippen molar-refractivity contribution in [3.63, 3.8) is 0 Å². The van der Waals surface area contributed by atoms with Crippen molar-refractivity contribution in [2.24, 2.45) is 0 Å². The number of thioether (sulfide) groups is 1. The van der Waals surface area contributed by atoms with E-state index >= 15 is 0 Å². The van der Waals surface area contributed by atoms with Crippen LogP contribution in [0.3, 0.4) is 0 Å². The van der Waals surface area contributed by atoms with Gasteiger partial charge in [0.2, 0.25) is 4.96 Å². The van der Waals surface area contributed by atoms with Crippen LogP contribution in [0, 0.1) is 0 Å². The molecule has 0 atom stereocenters. The summed E-state index contributed by atoms with van der Waals surface area (Å²) >= 11 is 9.52. The Morgan fingerprint density at radius 1 is 1.24 bits per heavy atom. The van der Waals surface area contributed by atoms with Crippen molar-refractivity contribution in [1.82, 2.24) is 14.6 Å². The van der Waals surface area contributed by atoms with Crippen LogP contribution in [0.15, 0.2) is 41.6 Å². The lowest BCUT2D eigenvalue weighted by Gasteiger charge is -2.20. The minimum Gasteiger partial charge on any atom is -0.467 e. The molecule has 0 spiro atoms. The zero-order chi connectivity index (χ0) is 16.8. The summed E-state index contributed by atoms with van der Waals surface area (Å²) in [6, 6.07) is 12.1. The first-order valence-electron chi connectivity index (χ1n) is 7.67. The molecule has 8 heteroatoms. The molecule has 1 aliphatic rings. The van der Waals surface area contributed by atoms with Crippen LogP contribution in [0.1, 0.15) is 11.1 Å². The fourth-order valence-electron chi connectivity index (χ4n) is 2.96. The van der Waals surface area contributed by atoms with Crippen LogP contribution in [0.4, 0.5) is 0 Å². The number of para-hydroxylation sites is 1. The molecule has 1 aliphatic heterocycles. The van der Waals surface area contributed by atoms with Gasteiger partial charge in [0.15, 0.2) is 11.9 Å². The lowest BCUT2D eigenvalue weighted by atomic mass is 10.1. The predicted octanol–water partition coefficient (Wildman–Crippen LogP) is 4.76. The van der Waals surface area contributed by atoms with Crippen molar-refractivity contribution in [1.29, 1.82) is 0 Å². The Kier molecular flexibility index (Phi) is 3.82. The Bertz CT molecular complexity index is 1090. The van der Waals surface area contributed by atoms with E-state index in [-0.39, 0.29) is 6.79 Å². The molecule has 2 aromatic carbocycles. The van der Waals surface area contributed by atoms with Gasteiger partial charge < -0.3 is 9.47 Å². The first-order valence-corrected chi connectivity index (χ1v) is 9.85. The van der Waals surface area contributed by atoms with Gasteiger partial charge in [-0.25, -0.2) is 0 Å². The molecule has 0 bridgehead atoms. The summed E-state index contributed by atoms with van der Waals surface area (Å²) in [5, 5.41) is 10.2. The van der Waals surface area contributed by atoms with Crippen molar-refractivity contribution in [2.75, 3.05) is 6.79 Å².